The van der Waals surface area contributed by atoms with Crippen LogP contribution in [0.4, 0.5) is 0 Å². The molecule has 1 aromatic rings. The number of aryl methyl sites for hydroxylation is 1. The minimum absolute atomic E-state index is 0.353. The van der Waals surface area contributed by atoms with E-state index in [1.54, 1.807) is 0 Å². The molecule has 0 amide bonds. The zero-order chi connectivity index (χ0) is 13.3. The molecular formula is C16H23ClO. The molecule has 1 aliphatic carbocycles. The molecule has 1 aliphatic rings. The van der Waals surface area contributed by atoms with Gasteiger partial charge >= 0.3 is 0 Å². The van der Waals surface area contributed by atoms with E-state index < -0.39 is 5.60 Å². The second-order valence-electron chi connectivity index (χ2n) is 6.16. The van der Waals surface area contributed by atoms with Gasteiger partial charge in [0.05, 0.1) is 5.60 Å². The van der Waals surface area contributed by atoms with Crippen LogP contribution in [-0.4, -0.2) is 10.7 Å². The lowest BCUT2D eigenvalue weighted by Crippen LogP contribution is -2.43. The van der Waals surface area contributed by atoms with Gasteiger partial charge in [-0.2, -0.15) is 0 Å². The van der Waals surface area contributed by atoms with Gasteiger partial charge in [-0.3, -0.25) is 0 Å². The lowest BCUT2D eigenvalue weighted by Gasteiger charge is -2.41. The maximum atomic E-state index is 10.9. The van der Waals surface area contributed by atoms with Crippen molar-refractivity contribution >= 4 is 11.6 Å². The van der Waals surface area contributed by atoms with Crippen molar-refractivity contribution in [2.24, 2.45) is 11.8 Å². The summed E-state index contributed by atoms with van der Waals surface area (Å²) in [5.74, 6) is 0.960. The number of benzene rings is 1. The Balaban J connectivity index is 2.20. The lowest BCUT2D eigenvalue weighted by molar-refractivity contribution is -0.0560. The quantitative estimate of drug-likeness (QED) is 0.842. The zero-order valence-electron chi connectivity index (χ0n) is 11.5. The van der Waals surface area contributed by atoms with Crippen LogP contribution in [0, 0.1) is 18.8 Å². The van der Waals surface area contributed by atoms with Crippen molar-refractivity contribution in [3.63, 3.8) is 0 Å². The fourth-order valence-corrected chi connectivity index (χ4v) is 3.38. The smallest absolute Gasteiger partial charge is 0.0716 e. The van der Waals surface area contributed by atoms with E-state index >= 15 is 0 Å². The first-order valence-electron chi connectivity index (χ1n) is 6.88. The SMILES string of the molecule is Cc1ccc(CC2(O)CC(C)CCC2C)c(Cl)c1. The van der Waals surface area contributed by atoms with Crippen LogP contribution < -0.4 is 0 Å². The summed E-state index contributed by atoms with van der Waals surface area (Å²) in [5.41, 5.74) is 1.66. The van der Waals surface area contributed by atoms with Crippen LogP contribution in [0.1, 0.15) is 44.2 Å². The van der Waals surface area contributed by atoms with Gasteiger partial charge in [-0.25, -0.2) is 0 Å². The highest BCUT2D eigenvalue weighted by Gasteiger charge is 2.39. The summed E-state index contributed by atoms with van der Waals surface area (Å²) >= 11 is 6.28. The molecule has 1 nitrogen and oxygen atoms in total. The number of halogens is 1. The molecule has 1 N–H and O–H groups in total. The van der Waals surface area contributed by atoms with Crippen molar-refractivity contribution in [3.8, 4) is 0 Å². The van der Waals surface area contributed by atoms with Gasteiger partial charge in [0.1, 0.15) is 0 Å². The van der Waals surface area contributed by atoms with E-state index in [1.165, 1.54) is 12.0 Å². The molecule has 0 spiro atoms. The van der Waals surface area contributed by atoms with E-state index in [1.807, 2.05) is 13.0 Å². The standard InChI is InChI=1S/C16H23ClO/c1-11-5-7-14(15(17)8-11)10-16(18)9-12(2)4-6-13(16)3/h5,7-8,12-13,18H,4,6,9-10H2,1-3H3. The van der Waals surface area contributed by atoms with E-state index in [0.717, 1.165) is 23.4 Å². The second kappa shape index (κ2) is 5.22. The topological polar surface area (TPSA) is 20.2 Å². The summed E-state index contributed by atoms with van der Waals surface area (Å²) in [5, 5.41) is 11.7. The summed E-state index contributed by atoms with van der Waals surface area (Å²) in [6, 6.07) is 6.11. The van der Waals surface area contributed by atoms with Gasteiger partial charge < -0.3 is 5.11 Å². The lowest BCUT2D eigenvalue weighted by atomic mass is 9.69. The maximum Gasteiger partial charge on any atom is 0.0716 e. The molecule has 0 aliphatic heterocycles. The molecule has 1 fully saturated rings. The first-order chi connectivity index (χ1) is 8.40. The Morgan fingerprint density at radius 2 is 2.06 bits per heavy atom. The van der Waals surface area contributed by atoms with Crippen LogP contribution in [-0.2, 0) is 6.42 Å². The third-order valence-corrected chi connectivity index (χ3v) is 4.77. The highest BCUT2D eigenvalue weighted by Crippen LogP contribution is 2.39. The molecule has 18 heavy (non-hydrogen) atoms. The molecule has 1 aromatic carbocycles. The second-order valence-corrected chi connectivity index (χ2v) is 6.57. The predicted molar refractivity (Wildman–Crippen MR) is 77.0 cm³/mol. The van der Waals surface area contributed by atoms with E-state index in [4.69, 9.17) is 11.6 Å². The highest BCUT2D eigenvalue weighted by atomic mass is 35.5. The van der Waals surface area contributed by atoms with Crippen LogP contribution in [0.15, 0.2) is 18.2 Å². The highest BCUT2D eigenvalue weighted by molar-refractivity contribution is 6.31. The summed E-state index contributed by atoms with van der Waals surface area (Å²) in [6.45, 7) is 6.43. The van der Waals surface area contributed by atoms with Gasteiger partial charge in [-0.15, -0.1) is 0 Å². The number of rotatable bonds is 2. The van der Waals surface area contributed by atoms with Gasteiger partial charge in [-0.05, 0) is 48.8 Å². The van der Waals surface area contributed by atoms with Gasteiger partial charge in [0.2, 0.25) is 0 Å². The number of hydrogen-bond donors (Lipinski definition) is 1. The average Bonchev–Trinajstić information content (AvgIpc) is 2.28. The van der Waals surface area contributed by atoms with Gasteiger partial charge in [0.15, 0.2) is 0 Å². The third-order valence-electron chi connectivity index (χ3n) is 4.42. The molecule has 0 aromatic heterocycles. The van der Waals surface area contributed by atoms with Crippen LogP contribution in [0.5, 0.6) is 0 Å². The van der Waals surface area contributed by atoms with Gasteiger partial charge in [0, 0.05) is 11.4 Å². The van der Waals surface area contributed by atoms with Crippen molar-refractivity contribution in [1.29, 1.82) is 0 Å². The van der Waals surface area contributed by atoms with Crippen molar-refractivity contribution in [2.75, 3.05) is 0 Å². The summed E-state index contributed by atoms with van der Waals surface area (Å²) in [4.78, 5) is 0. The molecule has 2 rings (SSSR count). The Hall–Kier alpha value is -0.530. The van der Waals surface area contributed by atoms with Crippen molar-refractivity contribution in [2.45, 2.75) is 52.1 Å². The molecule has 3 atom stereocenters. The molecule has 1 saturated carbocycles. The minimum atomic E-state index is -0.587. The third kappa shape index (κ3) is 2.89. The van der Waals surface area contributed by atoms with E-state index in [0.29, 0.717) is 18.3 Å². The Morgan fingerprint density at radius 1 is 1.33 bits per heavy atom. The Labute approximate surface area is 115 Å². The van der Waals surface area contributed by atoms with Crippen molar-refractivity contribution in [1.82, 2.24) is 0 Å². The Bertz CT molecular complexity index is 429. The monoisotopic (exact) mass is 266 g/mol. The number of hydrogen-bond acceptors (Lipinski definition) is 1. The summed E-state index contributed by atoms with van der Waals surface area (Å²) < 4.78 is 0. The van der Waals surface area contributed by atoms with E-state index in [-0.39, 0.29) is 0 Å². The van der Waals surface area contributed by atoms with Crippen molar-refractivity contribution < 1.29 is 5.11 Å². The zero-order valence-corrected chi connectivity index (χ0v) is 12.3. The van der Waals surface area contributed by atoms with Gasteiger partial charge in [0.25, 0.3) is 0 Å². The molecule has 2 heteroatoms. The van der Waals surface area contributed by atoms with Crippen LogP contribution in [0.3, 0.4) is 0 Å². The fraction of sp³-hybridized carbons (Fsp3) is 0.625. The maximum absolute atomic E-state index is 10.9. The van der Waals surface area contributed by atoms with Crippen LogP contribution in [0.25, 0.3) is 0 Å². The summed E-state index contributed by atoms with van der Waals surface area (Å²) in [6.07, 6.45) is 3.91. The van der Waals surface area contributed by atoms with Crippen LogP contribution in [0.2, 0.25) is 5.02 Å². The van der Waals surface area contributed by atoms with E-state index in [9.17, 15) is 5.11 Å². The molecular weight excluding hydrogens is 244 g/mol. The molecule has 0 radical (unpaired) electrons. The predicted octanol–water partition coefficient (Wildman–Crippen LogP) is 4.38. The fourth-order valence-electron chi connectivity index (χ4n) is 3.08. The first kappa shape index (κ1) is 13.9. The molecule has 0 bridgehead atoms. The van der Waals surface area contributed by atoms with Crippen LogP contribution >= 0.6 is 11.6 Å². The van der Waals surface area contributed by atoms with Gasteiger partial charge in [-0.1, -0.05) is 44.0 Å². The Kier molecular flexibility index (Phi) is 4.03. The molecule has 0 saturated heterocycles. The molecule has 100 valence electrons. The molecule has 3 unspecified atom stereocenters. The molecule has 0 heterocycles. The Morgan fingerprint density at radius 3 is 2.72 bits per heavy atom. The van der Waals surface area contributed by atoms with E-state index in [2.05, 4.69) is 26.0 Å². The first-order valence-corrected chi connectivity index (χ1v) is 7.26. The van der Waals surface area contributed by atoms with Crippen molar-refractivity contribution in [3.05, 3.63) is 34.3 Å². The minimum Gasteiger partial charge on any atom is -0.389 e. The summed E-state index contributed by atoms with van der Waals surface area (Å²) in [7, 11) is 0. The largest absolute Gasteiger partial charge is 0.389 e. The number of aliphatic hydroxyl groups is 1. The average molecular weight is 267 g/mol. The normalized spacial score (nSPS) is 32.5.